The first-order valence-corrected chi connectivity index (χ1v) is 6.92. The number of likely N-dealkylation sites (tertiary alicyclic amines) is 1. The molecule has 4 unspecified atom stereocenters. The molecule has 1 heterocycles. The van der Waals surface area contributed by atoms with Crippen LogP contribution in [0.15, 0.2) is 0 Å². The van der Waals surface area contributed by atoms with Gasteiger partial charge in [0.15, 0.2) is 0 Å². The van der Waals surface area contributed by atoms with Crippen molar-refractivity contribution >= 4 is 17.8 Å². The highest BCUT2D eigenvalue weighted by molar-refractivity contribution is 5.88. The zero-order valence-corrected chi connectivity index (χ0v) is 11.2. The maximum absolute atomic E-state index is 12.2. The van der Waals surface area contributed by atoms with E-state index in [4.69, 9.17) is 10.8 Å². The van der Waals surface area contributed by atoms with Crippen molar-refractivity contribution in [2.45, 2.75) is 44.2 Å². The number of nitrogens with zero attached hydrogens (tertiary/aromatic N) is 1. The van der Waals surface area contributed by atoms with E-state index in [-0.39, 0.29) is 24.7 Å². The molecule has 1 saturated heterocycles. The quantitative estimate of drug-likeness (QED) is 0.647. The van der Waals surface area contributed by atoms with Crippen LogP contribution in [0.25, 0.3) is 0 Å². The molecule has 4 atom stereocenters. The van der Waals surface area contributed by atoms with Crippen molar-refractivity contribution in [3.05, 3.63) is 0 Å². The first-order valence-electron chi connectivity index (χ1n) is 6.92. The van der Waals surface area contributed by atoms with Crippen LogP contribution in [0, 0.1) is 11.8 Å². The molecule has 7 heteroatoms. The smallest absolute Gasteiger partial charge is 0.326 e. The number of carbonyl (C=O) groups excluding carboxylic acids is 1. The number of fused-ring (bicyclic) bond motifs is 1. The van der Waals surface area contributed by atoms with Crippen LogP contribution < -0.4 is 5.73 Å². The molecule has 112 valence electrons. The van der Waals surface area contributed by atoms with Crippen LogP contribution in [0.2, 0.25) is 0 Å². The summed E-state index contributed by atoms with van der Waals surface area (Å²) in [5.74, 6) is -2.18. The van der Waals surface area contributed by atoms with E-state index in [1.807, 2.05) is 0 Å². The number of nitrogens with two attached hydrogens (primary N) is 1. The van der Waals surface area contributed by atoms with E-state index in [9.17, 15) is 19.5 Å². The molecule has 1 aliphatic carbocycles. The second-order valence-corrected chi connectivity index (χ2v) is 5.67. The Balaban J connectivity index is 2.04. The van der Waals surface area contributed by atoms with Gasteiger partial charge in [-0.25, -0.2) is 4.79 Å². The van der Waals surface area contributed by atoms with Gasteiger partial charge in [-0.2, -0.15) is 0 Å². The van der Waals surface area contributed by atoms with E-state index in [0.29, 0.717) is 6.54 Å². The summed E-state index contributed by atoms with van der Waals surface area (Å²) in [6.07, 6.45) is 2.63. The van der Waals surface area contributed by atoms with Gasteiger partial charge in [0, 0.05) is 13.0 Å². The minimum atomic E-state index is -1.01. The van der Waals surface area contributed by atoms with E-state index in [1.54, 1.807) is 0 Å². The third-order valence-corrected chi connectivity index (χ3v) is 4.41. The van der Waals surface area contributed by atoms with Gasteiger partial charge in [0.25, 0.3) is 0 Å². The topological polar surface area (TPSA) is 121 Å². The first kappa shape index (κ1) is 14.8. The van der Waals surface area contributed by atoms with Crippen LogP contribution in [0.4, 0.5) is 0 Å². The Morgan fingerprint density at radius 3 is 2.55 bits per heavy atom. The highest BCUT2D eigenvalue weighted by Gasteiger charge is 2.50. The van der Waals surface area contributed by atoms with Gasteiger partial charge in [0.2, 0.25) is 5.91 Å². The third kappa shape index (κ3) is 2.77. The molecule has 0 aromatic heterocycles. The van der Waals surface area contributed by atoms with Crippen molar-refractivity contribution in [2.75, 3.05) is 6.54 Å². The van der Waals surface area contributed by atoms with Crippen LogP contribution in [0.5, 0.6) is 0 Å². The van der Waals surface area contributed by atoms with Gasteiger partial charge in [0.1, 0.15) is 6.04 Å². The van der Waals surface area contributed by atoms with Crippen molar-refractivity contribution in [3.63, 3.8) is 0 Å². The monoisotopic (exact) mass is 284 g/mol. The average Bonchev–Trinajstić information content (AvgIpc) is 2.93. The molecular weight excluding hydrogens is 264 g/mol. The molecule has 2 aliphatic rings. The fourth-order valence-corrected chi connectivity index (χ4v) is 3.46. The number of amides is 1. The number of hydrogen-bond acceptors (Lipinski definition) is 4. The minimum absolute atomic E-state index is 0.0168. The Morgan fingerprint density at radius 1 is 1.25 bits per heavy atom. The average molecular weight is 284 g/mol. The first-order chi connectivity index (χ1) is 9.41. The van der Waals surface area contributed by atoms with E-state index < -0.39 is 29.9 Å². The van der Waals surface area contributed by atoms with Crippen molar-refractivity contribution < 1.29 is 24.6 Å². The number of rotatable bonds is 5. The highest BCUT2D eigenvalue weighted by atomic mass is 16.4. The molecule has 20 heavy (non-hydrogen) atoms. The molecule has 2 rings (SSSR count). The van der Waals surface area contributed by atoms with E-state index in [0.717, 1.165) is 19.3 Å². The molecule has 1 aliphatic heterocycles. The predicted octanol–water partition coefficient (Wildman–Crippen LogP) is -0.110. The number of carboxylic acid groups (broad SMARTS) is 2. The predicted molar refractivity (Wildman–Crippen MR) is 68.8 cm³/mol. The fourth-order valence-electron chi connectivity index (χ4n) is 3.46. The van der Waals surface area contributed by atoms with E-state index >= 15 is 0 Å². The molecule has 7 nitrogen and oxygen atoms in total. The van der Waals surface area contributed by atoms with Gasteiger partial charge in [-0.05, 0) is 31.1 Å². The van der Waals surface area contributed by atoms with Crippen LogP contribution in [-0.4, -0.2) is 51.6 Å². The molecule has 4 N–H and O–H groups in total. The van der Waals surface area contributed by atoms with Crippen LogP contribution in [0.3, 0.4) is 0 Å². The van der Waals surface area contributed by atoms with Gasteiger partial charge in [-0.15, -0.1) is 0 Å². The molecule has 0 radical (unpaired) electrons. The van der Waals surface area contributed by atoms with Crippen molar-refractivity contribution in [1.82, 2.24) is 4.90 Å². The zero-order valence-electron chi connectivity index (χ0n) is 11.2. The van der Waals surface area contributed by atoms with Gasteiger partial charge >= 0.3 is 11.9 Å². The number of hydrogen-bond donors (Lipinski definition) is 3. The molecule has 1 saturated carbocycles. The maximum Gasteiger partial charge on any atom is 0.326 e. The molecule has 0 aromatic carbocycles. The van der Waals surface area contributed by atoms with Crippen molar-refractivity contribution in [3.8, 4) is 0 Å². The fraction of sp³-hybridized carbons (Fsp3) is 0.769. The Morgan fingerprint density at radius 2 is 1.95 bits per heavy atom. The van der Waals surface area contributed by atoms with E-state index in [2.05, 4.69) is 0 Å². The summed E-state index contributed by atoms with van der Waals surface area (Å²) >= 11 is 0. The van der Waals surface area contributed by atoms with Crippen molar-refractivity contribution in [1.29, 1.82) is 0 Å². The third-order valence-electron chi connectivity index (χ3n) is 4.41. The summed E-state index contributed by atoms with van der Waals surface area (Å²) in [5.41, 5.74) is 5.71. The minimum Gasteiger partial charge on any atom is -0.481 e. The summed E-state index contributed by atoms with van der Waals surface area (Å²) in [6.45, 7) is 0.432. The molecule has 2 fully saturated rings. The second kappa shape index (κ2) is 5.78. The standard InChI is InChI=1S/C13H20N2O5/c14-9(4-5-10(16)17)12(18)15-6-7-2-1-3-8(7)11(15)13(19)20/h7-9,11H,1-6,14H2,(H,16,17)(H,19,20). The van der Waals surface area contributed by atoms with Gasteiger partial charge < -0.3 is 20.8 Å². The number of carbonyl (C=O) groups is 3. The number of carboxylic acids is 2. The molecular formula is C13H20N2O5. The van der Waals surface area contributed by atoms with Crippen LogP contribution in [-0.2, 0) is 14.4 Å². The van der Waals surface area contributed by atoms with Crippen LogP contribution >= 0.6 is 0 Å². The van der Waals surface area contributed by atoms with Gasteiger partial charge in [-0.3, -0.25) is 9.59 Å². The lowest BCUT2D eigenvalue weighted by atomic mass is 9.94. The normalized spacial score (nSPS) is 30.1. The Bertz CT molecular complexity index is 425. The maximum atomic E-state index is 12.2. The Kier molecular flexibility index (Phi) is 4.27. The Labute approximate surface area is 116 Å². The summed E-state index contributed by atoms with van der Waals surface area (Å²) in [5, 5.41) is 18.0. The van der Waals surface area contributed by atoms with E-state index in [1.165, 1.54) is 4.90 Å². The summed E-state index contributed by atoms with van der Waals surface area (Å²) in [7, 11) is 0. The van der Waals surface area contributed by atoms with Gasteiger partial charge in [0.05, 0.1) is 6.04 Å². The number of aliphatic carboxylic acids is 2. The van der Waals surface area contributed by atoms with Crippen molar-refractivity contribution in [2.24, 2.45) is 17.6 Å². The lowest BCUT2D eigenvalue weighted by molar-refractivity contribution is -0.150. The summed E-state index contributed by atoms with van der Waals surface area (Å²) in [4.78, 5) is 35.5. The second-order valence-electron chi connectivity index (χ2n) is 5.67. The summed E-state index contributed by atoms with van der Waals surface area (Å²) in [6, 6.07) is -1.74. The molecule has 0 bridgehead atoms. The Hall–Kier alpha value is -1.63. The summed E-state index contributed by atoms with van der Waals surface area (Å²) < 4.78 is 0. The lowest BCUT2D eigenvalue weighted by Crippen LogP contribution is -2.50. The lowest BCUT2D eigenvalue weighted by Gasteiger charge is -2.26. The SMILES string of the molecule is NC(CCC(=O)O)C(=O)N1CC2CCCC2C1C(=O)O. The largest absolute Gasteiger partial charge is 0.481 e. The highest BCUT2D eigenvalue weighted by Crippen LogP contribution is 2.42. The molecule has 1 amide bonds. The molecule has 0 aromatic rings. The van der Waals surface area contributed by atoms with Crippen LogP contribution in [0.1, 0.15) is 32.1 Å². The zero-order chi connectivity index (χ0) is 14.9. The van der Waals surface area contributed by atoms with Gasteiger partial charge in [-0.1, -0.05) is 6.42 Å². The molecule has 0 spiro atoms.